The Labute approximate surface area is 100 Å². The predicted molar refractivity (Wildman–Crippen MR) is 61.0 cm³/mol. The first kappa shape index (κ1) is 14.2. The Morgan fingerprint density at radius 1 is 1.41 bits per heavy atom. The molecule has 6 heteroatoms. The highest BCUT2D eigenvalue weighted by atomic mass is 32.2. The Morgan fingerprint density at radius 3 is 2.59 bits per heavy atom. The molecule has 0 saturated carbocycles. The SMILES string of the molecule is CC(CCN)S(=O)c1cccc(C(F)(F)F)c1. The molecule has 0 bridgehead atoms. The van der Waals surface area contributed by atoms with Gasteiger partial charge in [0.05, 0.1) is 16.4 Å². The van der Waals surface area contributed by atoms with E-state index in [0.717, 1.165) is 12.1 Å². The normalized spacial score (nSPS) is 15.6. The van der Waals surface area contributed by atoms with Gasteiger partial charge in [0.1, 0.15) is 0 Å². The molecule has 2 atom stereocenters. The van der Waals surface area contributed by atoms with Gasteiger partial charge >= 0.3 is 6.18 Å². The van der Waals surface area contributed by atoms with Crippen molar-refractivity contribution in [2.75, 3.05) is 6.54 Å². The van der Waals surface area contributed by atoms with Gasteiger partial charge in [-0.15, -0.1) is 0 Å². The fourth-order valence-electron chi connectivity index (χ4n) is 1.37. The van der Waals surface area contributed by atoms with E-state index in [9.17, 15) is 17.4 Å². The van der Waals surface area contributed by atoms with Crippen molar-refractivity contribution in [2.24, 2.45) is 5.73 Å². The largest absolute Gasteiger partial charge is 0.416 e. The number of alkyl halides is 3. The number of halogens is 3. The molecule has 1 rings (SSSR count). The molecule has 0 saturated heterocycles. The van der Waals surface area contributed by atoms with Crippen LogP contribution in [0.3, 0.4) is 0 Å². The van der Waals surface area contributed by atoms with Crippen LogP contribution in [0.5, 0.6) is 0 Å². The van der Waals surface area contributed by atoms with Crippen LogP contribution in [-0.4, -0.2) is 16.0 Å². The lowest BCUT2D eigenvalue weighted by Crippen LogP contribution is -2.16. The predicted octanol–water partition coefficient (Wildman–Crippen LogP) is 2.55. The molecule has 0 heterocycles. The topological polar surface area (TPSA) is 43.1 Å². The number of nitrogens with two attached hydrogens (primary N) is 1. The van der Waals surface area contributed by atoms with Crippen molar-refractivity contribution in [3.63, 3.8) is 0 Å². The van der Waals surface area contributed by atoms with Crippen LogP contribution in [0.1, 0.15) is 18.9 Å². The van der Waals surface area contributed by atoms with Gasteiger partial charge in [-0.05, 0) is 31.2 Å². The quantitative estimate of drug-likeness (QED) is 0.909. The van der Waals surface area contributed by atoms with Gasteiger partial charge in [0, 0.05) is 10.1 Å². The molecule has 0 aliphatic carbocycles. The number of benzene rings is 1. The average molecular weight is 265 g/mol. The first-order chi connectivity index (χ1) is 7.86. The highest BCUT2D eigenvalue weighted by Crippen LogP contribution is 2.30. The summed E-state index contributed by atoms with van der Waals surface area (Å²) in [7, 11) is -1.45. The summed E-state index contributed by atoms with van der Waals surface area (Å²) < 4.78 is 49.3. The summed E-state index contributed by atoms with van der Waals surface area (Å²) >= 11 is 0. The molecule has 0 aliphatic rings. The molecule has 2 nitrogen and oxygen atoms in total. The van der Waals surface area contributed by atoms with Crippen molar-refractivity contribution < 1.29 is 17.4 Å². The lowest BCUT2D eigenvalue weighted by Gasteiger charge is -2.12. The first-order valence-electron chi connectivity index (χ1n) is 5.14. The third-order valence-corrected chi connectivity index (χ3v) is 4.02. The van der Waals surface area contributed by atoms with Crippen molar-refractivity contribution in [1.82, 2.24) is 0 Å². The molecular formula is C11H14F3NOS. The van der Waals surface area contributed by atoms with E-state index in [1.165, 1.54) is 12.1 Å². The highest BCUT2D eigenvalue weighted by Gasteiger charge is 2.31. The monoisotopic (exact) mass is 265 g/mol. The molecule has 0 aromatic heterocycles. The second-order valence-corrected chi connectivity index (χ2v) is 5.58. The van der Waals surface area contributed by atoms with Gasteiger partial charge in [-0.1, -0.05) is 13.0 Å². The van der Waals surface area contributed by atoms with Crippen molar-refractivity contribution in [2.45, 2.75) is 29.7 Å². The van der Waals surface area contributed by atoms with Crippen LogP contribution in [0.4, 0.5) is 13.2 Å². The molecule has 0 fully saturated rings. The Kier molecular flexibility index (Phi) is 4.70. The van der Waals surface area contributed by atoms with Crippen LogP contribution < -0.4 is 5.73 Å². The van der Waals surface area contributed by atoms with E-state index in [4.69, 9.17) is 5.73 Å². The number of hydrogen-bond acceptors (Lipinski definition) is 2. The van der Waals surface area contributed by atoms with Crippen LogP contribution in [0, 0.1) is 0 Å². The van der Waals surface area contributed by atoms with Crippen LogP contribution in [0.25, 0.3) is 0 Å². The van der Waals surface area contributed by atoms with Gasteiger partial charge in [-0.25, -0.2) is 0 Å². The van der Waals surface area contributed by atoms with Crippen LogP contribution >= 0.6 is 0 Å². The molecule has 17 heavy (non-hydrogen) atoms. The van der Waals surface area contributed by atoms with Gasteiger partial charge in [-0.3, -0.25) is 4.21 Å². The molecule has 96 valence electrons. The fourth-order valence-corrected chi connectivity index (χ4v) is 2.64. The summed E-state index contributed by atoms with van der Waals surface area (Å²) in [5, 5.41) is -0.247. The Bertz CT molecular complexity index is 406. The minimum atomic E-state index is -4.41. The molecule has 0 spiro atoms. The highest BCUT2D eigenvalue weighted by molar-refractivity contribution is 7.85. The van der Waals surface area contributed by atoms with Gasteiger partial charge in [0.25, 0.3) is 0 Å². The first-order valence-corrected chi connectivity index (χ1v) is 6.35. The molecule has 2 unspecified atom stereocenters. The zero-order valence-corrected chi connectivity index (χ0v) is 10.1. The van der Waals surface area contributed by atoms with Gasteiger partial charge in [-0.2, -0.15) is 13.2 Å². The van der Waals surface area contributed by atoms with Crippen molar-refractivity contribution in [3.8, 4) is 0 Å². The van der Waals surface area contributed by atoms with Crippen molar-refractivity contribution >= 4 is 10.8 Å². The molecule has 1 aromatic carbocycles. The summed E-state index contributed by atoms with van der Waals surface area (Å²) in [6.45, 7) is 2.08. The van der Waals surface area contributed by atoms with E-state index in [1.54, 1.807) is 6.92 Å². The van der Waals surface area contributed by atoms with E-state index in [-0.39, 0.29) is 10.1 Å². The minimum Gasteiger partial charge on any atom is -0.330 e. The van der Waals surface area contributed by atoms with E-state index in [1.807, 2.05) is 0 Å². The second-order valence-electron chi connectivity index (χ2n) is 3.71. The molecular weight excluding hydrogens is 251 g/mol. The summed E-state index contributed by atoms with van der Waals surface area (Å²) in [6, 6.07) is 4.61. The molecule has 0 amide bonds. The maximum absolute atomic E-state index is 12.5. The number of rotatable bonds is 4. The average Bonchev–Trinajstić information content (AvgIpc) is 2.27. The summed E-state index contributed by atoms with van der Waals surface area (Å²) in [6.07, 6.45) is -3.89. The van der Waals surface area contributed by atoms with E-state index >= 15 is 0 Å². The third kappa shape index (κ3) is 3.81. The Balaban J connectivity index is 2.96. The third-order valence-electron chi connectivity index (χ3n) is 2.33. The van der Waals surface area contributed by atoms with E-state index < -0.39 is 22.5 Å². The maximum Gasteiger partial charge on any atom is 0.416 e. The van der Waals surface area contributed by atoms with Crippen molar-refractivity contribution in [3.05, 3.63) is 29.8 Å². The second kappa shape index (κ2) is 5.64. The van der Waals surface area contributed by atoms with Crippen LogP contribution in [-0.2, 0) is 17.0 Å². The Morgan fingerprint density at radius 2 is 2.06 bits per heavy atom. The van der Waals surface area contributed by atoms with E-state index in [2.05, 4.69) is 0 Å². The van der Waals surface area contributed by atoms with E-state index in [0.29, 0.717) is 13.0 Å². The van der Waals surface area contributed by atoms with Crippen LogP contribution in [0.15, 0.2) is 29.2 Å². The Hall–Kier alpha value is -0.880. The van der Waals surface area contributed by atoms with Crippen LogP contribution in [0.2, 0.25) is 0 Å². The zero-order chi connectivity index (χ0) is 13.1. The smallest absolute Gasteiger partial charge is 0.330 e. The zero-order valence-electron chi connectivity index (χ0n) is 9.33. The fraction of sp³-hybridized carbons (Fsp3) is 0.455. The molecule has 0 radical (unpaired) electrons. The molecule has 0 aliphatic heterocycles. The maximum atomic E-state index is 12.5. The minimum absolute atomic E-state index is 0.195. The lowest BCUT2D eigenvalue weighted by atomic mass is 10.2. The lowest BCUT2D eigenvalue weighted by molar-refractivity contribution is -0.137. The van der Waals surface area contributed by atoms with Crippen molar-refractivity contribution in [1.29, 1.82) is 0 Å². The summed E-state index contributed by atoms with van der Waals surface area (Å²) in [4.78, 5) is 0.195. The van der Waals surface area contributed by atoms with Gasteiger partial charge < -0.3 is 5.73 Å². The molecule has 2 N–H and O–H groups in total. The standard InChI is InChI=1S/C11H14F3NOS/c1-8(5-6-15)17(16)10-4-2-3-9(7-10)11(12,13)14/h2-4,7-8H,5-6,15H2,1H3. The number of hydrogen-bond donors (Lipinski definition) is 1. The summed E-state index contributed by atoms with van der Waals surface area (Å²) in [5.74, 6) is 0. The van der Waals surface area contributed by atoms with Gasteiger partial charge in [0.2, 0.25) is 0 Å². The van der Waals surface area contributed by atoms with Gasteiger partial charge in [0.15, 0.2) is 0 Å². The molecule has 1 aromatic rings. The summed E-state index contributed by atoms with van der Waals surface area (Å²) in [5.41, 5.74) is 4.56.